The Balaban J connectivity index is 0.000000980. The maximum absolute atomic E-state index is 9.12. The summed E-state index contributed by atoms with van der Waals surface area (Å²) >= 11 is 0. The van der Waals surface area contributed by atoms with E-state index in [-0.39, 0.29) is 24.8 Å². The van der Waals surface area contributed by atoms with Gasteiger partial charge in [-0.05, 0) is 17.7 Å². The summed E-state index contributed by atoms with van der Waals surface area (Å²) in [4.78, 5) is 0. The molecule has 86 valence electrons. The largest absolute Gasteiger partial charge is 0.508 e. The van der Waals surface area contributed by atoms with Gasteiger partial charge >= 0.3 is 0 Å². The van der Waals surface area contributed by atoms with Crippen molar-refractivity contribution >= 4 is 24.8 Å². The molecule has 1 unspecified atom stereocenters. The number of hydrogen-bond donors (Lipinski definition) is 3. The van der Waals surface area contributed by atoms with Crippen LogP contribution in [0.15, 0.2) is 24.3 Å². The van der Waals surface area contributed by atoms with E-state index in [0.29, 0.717) is 11.8 Å². The van der Waals surface area contributed by atoms with Crippen molar-refractivity contribution in [3.8, 4) is 5.75 Å². The molecular weight excluding hydrogens is 235 g/mol. The van der Waals surface area contributed by atoms with Gasteiger partial charge in [0.1, 0.15) is 5.75 Å². The van der Waals surface area contributed by atoms with Crippen LogP contribution in [0.4, 0.5) is 0 Å². The Morgan fingerprint density at radius 1 is 1.07 bits per heavy atom. The summed E-state index contributed by atoms with van der Waals surface area (Å²) in [6, 6.07) is 7.76. The van der Waals surface area contributed by atoms with Gasteiger partial charge in [-0.3, -0.25) is 0 Å². The molecule has 1 heterocycles. The van der Waals surface area contributed by atoms with Gasteiger partial charge in [-0.15, -0.1) is 24.8 Å². The molecule has 3 N–H and O–H groups in total. The van der Waals surface area contributed by atoms with Gasteiger partial charge in [0.2, 0.25) is 0 Å². The Kier molecular flexibility index (Phi) is 6.68. The van der Waals surface area contributed by atoms with Crippen molar-refractivity contribution in [3.05, 3.63) is 29.8 Å². The zero-order chi connectivity index (χ0) is 9.10. The predicted molar refractivity (Wildman–Crippen MR) is 66.2 cm³/mol. The third-order valence-corrected chi connectivity index (χ3v) is 2.34. The minimum absolute atomic E-state index is 0. The fourth-order valence-electron chi connectivity index (χ4n) is 1.60. The van der Waals surface area contributed by atoms with Gasteiger partial charge in [-0.2, -0.15) is 0 Å². The second-order valence-corrected chi connectivity index (χ2v) is 3.30. The van der Waals surface area contributed by atoms with Crippen LogP contribution in [-0.2, 0) is 0 Å². The van der Waals surface area contributed by atoms with Crippen molar-refractivity contribution in [2.75, 3.05) is 19.6 Å². The molecule has 1 aliphatic heterocycles. The first-order valence-electron chi connectivity index (χ1n) is 4.59. The number of halogens is 2. The number of phenolic OH excluding ortho intramolecular Hbond substituents is 1. The number of phenols is 1. The molecule has 0 spiro atoms. The Hall–Kier alpha value is -0.480. The van der Waals surface area contributed by atoms with Gasteiger partial charge in [-0.25, -0.2) is 0 Å². The predicted octanol–water partition coefficient (Wildman–Crippen LogP) is 1.47. The van der Waals surface area contributed by atoms with Crippen LogP contribution in [0, 0.1) is 0 Å². The first kappa shape index (κ1) is 14.5. The van der Waals surface area contributed by atoms with Crippen LogP contribution < -0.4 is 10.6 Å². The molecule has 2 rings (SSSR count). The lowest BCUT2D eigenvalue weighted by molar-refractivity contribution is 0.429. The molecule has 1 aromatic rings. The monoisotopic (exact) mass is 250 g/mol. The molecule has 1 aromatic carbocycles. The highest BCUT2D eigenvalue weighted by Crippen LogP contribution is 2.16. The topological polar surface area (TPSA) is 44.3 Å². The van der Waals surface area contributed by atoms with E-state index in [1.807, 2.05) is 12.1 Å². The molecule has 3 nitrogen and oxygen atoms in total. The highest BCUT2D eigenvalue weighted by atomic mass is 35.5. The van der Waals surface area contributed by atoms with Gasteiger partial charge in [0.25, 0.3) is 0 Å². The lowest BCUT2D eigenvalue weighted by atomic mass is 10.1. The van der Waals surface area contributed by atoms with Crippen LogP contribution in [-0.4, -0.2) is 24.7 Å². The molecular formula is C10H16Cl2N2O. The molecule has 15 heavy (non-hydrogen) atoms. The number of rotatable bonds is 1. The number of piperazine rings is 1. The van der Waals surface area contributed by atoms with Gasteiger partial charge < -0.3 is 15.7 Å². The van der Waals surface area contributed by atoms with E-state index in [4.69, 9.17) is 5.11 Å². The highest BCUT2D eigenvalue weighted by Gasteiger charge is 2.13. The molecule has 0 aromatic heterocycles. The molecule has 0 aliphatic carbocycles. The molecule has 5 heteroatoms. The van der Waals surface area contributed by atoms with Crippen molar-refractivity contribution in [1.29, 1.82) is 0 Å². The van der Waals surface area contributed by atoms with E-state index in [2.05, 4.69) is 10.6 Å². The lowest BCUT2D eigenvalue weighted by Gasteiger charge is -2.24. The second kappa shape index (κ2) is 6.90. The SMILES string of the molecule is Cl.Cl.Oc1ccc(C2CNCCN2)cc1. The molecule has 0 radical (unpaired) electrons. The van der Waals surface area contributed by atoms with Crippen molar-refractivity contribution in [1.82, 2.24) is 10.6 Å². The van der Waals surface area contributed by atoms with E-state index >= 15 is 0 Å². The molecule has 1 fully saturated rings. The van der Waals surface area contributed by atoms with E-state index in [9.17, 15) is 0 Å². The second-order valence-electron chi connectivity index (χ2n) is 3.30. The number of aromatic hydroxyl groups is 1. The Morgan fingerprint density at radius 2 is 1.73 bits per heavy atom. The standard InChI is InChI=1S/C10H14N2O.2ClH/c13-9-3-1-8(2-4-9)10-7-11-5-6-12-10;;/h1-4,10-13H,5-7H2;2*1H. The van der Waals surface area contributed by atoms with E-state index in [1.165, 1.54) is 5.56 Å². The van der Waals surface area contributed by atoms with Crippen molar-refractivity contribution in [3.63, 3.8) is 0 Å². The van der Waals surface area contributed by atoms with Gasteiger partial charge in [0.05, 0.1) is 0 Å². The highest BCUT2D eigenvalue weighted by molar-refractivity contribution is 5.85. The van der Waals surface area contributed by atoms with E-state index in [0.717, 1.165) is 19.6 Å². The average molecular weight is 251 g/mol. The van der Waals surface area contributed by atoms with E-state index in [1.54, 1.807) is 12.1 Å². The molecule has 0 bridgehead atoms. The zero-order valence-corrected chi connectivity index (χ0v) is 9.90. The summed E-state index contributed by atoms with van der Waals surface area (Å²) in [6.45, 7) is 3.00. The minimum atomic E-state index is 0. The molecule has 0 amide bonds. The summed E-state index contributed by atoms with van der Waals surface area (Å²) in [6.07, 6.45) is 0. The Bertz CT molecular complexity index is 273. The zero-order valence-electron chi connectivity index (χ0n) is 8.27. The third kappa shape index (κ3) is 3.87. The van der Waals surface area contributed by atoms with Gasteiger partial charge in [0.15, 0.2) is 0 Å². The third-order valence-electron chi connectivity index (χ3n) is 2.34. The molecule has 1 aliphatic rings. The minimum Gasteiger partial charge on any atom is -0.508 e. The number of hydrogen-bond acceptors (Lipinski definition) is 3. The van der Waals surface area contributed by atoms with E-state index < -0.39 is 0 Å². The first-order valence-corrected chi connectivity index (χ1v) is 4.59. The Morgan fingerprint density at radius 3 is 2.27 bits per heavy atom. The first-order chi connectivity index (χ1) is 6.36. The van der Waals surface area contributed by atoms with Gasteiger partial charge in [-0.1, -0.05) is 12.1 Å². The number of benzene rings is 1. The van der Waals surface area contributed by atoms with Crippen LogP contribution in [0.2, 0.25) is 0 Å². The fraction of sp³-hybridized carbons (Fsp3) is 0.400. The van der Waals surface area contributed by atoms with Crippen LogP contribution >= 0.6 is 24.8 Å². The van der Waals surface area contributed by atoms with Crippen LogP contribution in [0.5, 0.6) is 5.75 Å². The molecule has 1 atom stereocenters. The molecule has 1 saturated heterocycles. The molecule has 0 saturated carbocycles. The lowest BCUT2D eigenvalue weighted by Crippen LogP contribution is -2.42. The van der Waals surface area contributed by atoms with Crippen molar-refractivity contribution in [2.24, 2.45) is 0 Å². The maximum Gasteiger partial charge on any atom is 0.115 e. The summed E-state index contributed by atoms with van der Waals surface area (Å²) in [5.41, 5.74) is 1.23. The normalized spacial score (nSPS) is 19.9. The summed E-state index contributed by atoms with van der Waals surface area (Å²) < 4.78 is 0. The van der Waals surface area contributed by atoms with Crippen molar-refractivity contribution < 1.29 is 5.11 Å². The summed E-state index contributed by atoms with van der Waals surface area (Å²) in [5, 5.41) is 15.9. The fourth-order valence-corrected chi connectivity index (χ4v) is 1.60. The van der Waals surface area contributed by atoms with Crippen LogP contribution in [0.25, 0.3) is 0 Å². The maximum atomic E-state index is 9.12. The van der Waals surface area contributed by atoms with Crippen LogP contribution in [0.3, 0.4) is 0 Å². The van der Waals surface area contributed by atoms with Crippen LogP contribution in [0.1, 0.15) is 11.6 Å². The van der Waals surface area contributed by atoms with Gasteiger partial charge in [0, 0.05) is 25.7 Å². The average Bonchev–Trinajstić information content (AvgIpc) is 2.20. The summed E-state index contributed by atoms with van der Waals surface area (Å²) in [7, 11) is 0. The summed E-state index contributed by atoms with van der Waals surface area (Å²) in [5.74, 6) is 0.326. The smallest absolute Gasteiger partial charge is 0.115 e. The number of nitrogens with one attached hydrogen (secondary N) is 2. The van der Waals surface area contributed by atoms with Crippen molar-refractivity contribution in [2.45, 2.75) is 6.04 Å². The Labute approximate surface area is 102 Å². The quantitative estimate of drug-likeness (QED) is 0.708.